The number of fused-ring (bicyclic) bond motifs is 2. The summed E-state index contributed by atoms with van der Waals surface area (Å²) in [6.45, 7) is 4.03. The molecule has 2 aromatic heterocycles. The quantitative estimate of drug-likeness (QED) is 0.481. The van der Waals surface area contributed by atoms with E-state index in [2.05, 4.69) is 17.3 Å². The summed E-state index contributed by atoms with van der Waals surface area (Å²) in [5.41, 5.74) is 2.82. The van der Waals surface area contributed by atoms with Gasteiger partial charge >= 0.3 is 0 Å². The number of aromatic nitrogens is 3. The van der Waals surface area contributed by atoms with Crippen molar-refractivity contribution in [3.63, 3.8) is 0 Å². The average Bonchev–Trinajstić information content (AvgIpc) is 3.51. The van der Waals surface area contributed by atoms with Gasteiger partial charge in [-0.1, -0.05) is 29.6 Å². The molecule has 2 bridgehead atoms. The largest absolute Gasteiger partial charge is 0.348 e. The first-order valence-corrected chi connectivity index (χ1v) is 12.3. The van der Waals surface area contributed by atoms with Crippen molar-refractivity contribution in [2.75, 3.05) is 0 Å². The molecule has 1 amide bonds. The predicted molar refractivity (Wildman–Crippen MR) is 125 cm³/mol. The van der Waals surface area contributed by atoms with E-state index < -0.39 is 0 Å². The second-order valence-corrected chi connectivity index (χ2v) is 10.5. The average molecular weight is 475 g/mol. The molecular weight excluding hydrogens is 451 g/mol. The van der Waals surface area contributed by atoms with Crippen LogP contribution < -0.4 is 5.32 Å². The normalized spacial score (nSPS) is 23.3. The molecule has 8 heteroatoms. The van der Waals surface area contributed by atoms with Crippen LogP contribution in [0.2, 0.25) is 10.0 Å². The molecule has 0 saturated heterocycles. The lowest BCUT2D eigenvalue weighted by molar-refractivity contribution is 0.0907. The van der Waals surface area contributed by atoms with E-state index in [0.717, 1.165) is 28.8 Å². The van der Waals surface area contributed by atoms with E-state index >= 15 is 0 Å². The molecule has 1 N–H and O–H groups in total. The van der Waals surface area contributed by atoms with Crippen LogP contribution in [-0.2, 0) is 0 Å². The van der Waals surface area contributed by atoms with Crippen molar-refractivity contribution in [3.05, 3.63) is 51.1 Å². The maximum absolute atomic E-state index is 13.2. The Morgan fingerprint density at radius 3 is 2.81 bits per heavy atom. The number of carbonyl (C=O) groups excluding carboxylic acids is 1. The second kappa shape index (κ2) is 8.23. The standard InChI is InChI=1S/C23H24Cl2N4OS/c1-12-7-21(22(30)26-13(2)18-9-14-3-4-15(18)8-14)29(28-12)23-27-20(11-31-23)17-6-5-16(24)10-19(17)25/h5-7,10-11,13-15,18H,3-4,8-9H2,1-2H3,(H,26,30)/t13-,14+,15+,18-/m0/s1. The SMILES string of the molecule is Cc1cc(C(=O)N[C@@H](C)[C@@H]2C[C@@H]3CC[C@@H]2C3)n(-c2nc(-c3ccc(Cl)cc3Cl)cs2)n1. The molecule has 2 aliphatic carbocycles. The van der Waals surface area contributed by atoms with E-state index in [1.165, 1.54) is 37.0 Å². The van der Waals surface area contributed by atoms with Gasteiger partial charge in [-0.3, -0.25) is 4.79 Å². The van der Waals surface area contributed by atoms with Gasteiger partial charge in [-0.05, 0) is 75.1 Å². The molecule has 31 heavy (non-hydrogen) atoms. The van der Waals surface area contributed by atoms with E-state index in [1.807, 2.05) is 24.4 Å². The van der Waals surface area contributed by atoms with Gasteiger partial charge in [0.2, 0.25) is 5.13 Å². The van der Waals surface area contributed by atoms with Crippen LogP contribution >= 0.6 is 34.5 Å². The molecule has 2 heterocycles. The van der Waals surface area contributed by atoms with E-state index in [0.29, 0.717) is 26.8 Å². The fourth-order valence-corrected chi connectivity index (χ4v) is 6.58. The first-order chi connectivity index (χ1) is 14.9. The lowest BCUT2D eigenvalue weighted by atomic mass is 9.84. The molecule has 2 saturated carbocycles. The van der Waals surface area contributed by atoms with Gasteiger partial charge in [0.05, 0.1) is 16.4 Å². The van der Waals surface area contributed by atoms with Crippen LogP contribution in [0.15, 0.2) is 29.6 Å². The molecule has 5 rings (SSSR count). The van der Waals surface area contributed by atoms with Gasteiger partial charge in [0.25, 0.3) is 5.91 Å². The topological polar surface area (TPSA) is 59.8 Å². The third kappa shape index (κ3) is 4.01. The summed E-state index contributed by atoms with van der Waals surface area (Å²) in [5.74, 6) is 2.10. The highest BCUT2D eigenvalue weighted by molar-refractivity contribution is 7.12. The number of hydrogen-bond donors (Lipinski definition) is 1. The van der Waals surface area contributed by atoms with Crippen LogP contribution in [0.5, 0.6) is 0 Å². The Bertz CT molecular complexity index is 1140. The van der Waals surface area contributed by atoms with Gasteiger partial charge in [0.15, 0.2) is 0 Å². The lowest BCUT2D eigenvalue weighted by Crippen LogP contribution is -2.40. The van der Waals surface area contributed by atoms with Crippen LogP contribution in [0, 0.1) is 24.7 Å². The van der Waals surface area contributed by atoms with E-state index in [4.69, 9.17) is 28.2 Å². The number of nitrogens with one attached hydrogen (secondary N) is 1. The van der Waals surface area contributed by atoms with Gasteiger partial charge in [-0.2, -0.15) is 5.10 Å². The Hall–Kier alpha value is -1.89. The molecular formula is C23H24Cl2N4OS. The smallest absolute Gasteiger partial charge is 0.270 e. The predicted octanol–water partition coefficient (Wildman–Crippen LogP) is 6.17. The minimum absolute atomic E-state index is 0.0999. The van der Waals surface area contributed by atoms with Crippen molar-refractivity contribution in [3.8, 4) is 16.4 Å². The minimum atomic E-state index is -0.0999. The first kappa shape index (κ1) is 21.0. The summed E-state index contributed by atoms with van der Waals surface area (Å²) in [5, 5.41) is 11.4. The molecule has 0 spiro atoms. The Kier molecular flexibility index (Phi) is 5.57. The van der Waals surface area contributed by atoms with Gasteiger partial charge in [-0.25, -0.2) is 9.67 Å². The maximum atomic E-state index is 13.2. The van der Waals surface area contributed by atoms with Gasteiger partial charge in [-0.15, -0.1) is 11.3 Å². The summed E-state index contributed by atoms with van der Waals surface area (Å²) in [4.78, 5) is 17.9. The van der Waals surface area contributed by atoms with Crippen molar-refractivity contribution < 1.29 is 4.79 Å². The third-order valence-electron chi connectivity index (χ3n) is 6.74. The third-order valence-corrected chi connectivity index (χ3v) is 8.10. The van der Waals surface area contributed by atoms with E-state index in [1.54, 1.807) is 16.8 Å². The van der Waals surface area contributed by atoms with E-state index in [-0.39, 0.29) is 11.9 Å². The Balaban J connectivity index is 1.38. The van der Waals surface area contributed by atoms with Crippen LogP contribution in [0.4, 0.5) is 0 Å². The maximum Gasteiger partial charge on any atom is 0.270 e. The number of rotatable bonds is 5. The number of halogens is 2. The first-order valence-electron chi connectivity index (χ1n) is 10.7. The highest BCUT2D eigenvalue weighted by atomic mass is 35.5. The summed E-state index contributed by atoms with van der Waals surface area (Å²) in [6.07, 6.45) is 5.23. The van der Waals surface area contributed by atoms with Gasteiger partial charge < -0.3 is 5.32 Å². The molecule has 2 fully saturated rings. The Labute approximate surface area is 195 Å². The van der Waals surface area contributed by atoms with Crippen molar-refractivity contribution in [2.45, 2.75) is 45.6 Å². The molecule has 5 nitrogen and oxygen atoms in total. The summed E-state index contributed by atoms with van der Waals surface area (Å²) in [6, 6.07) is 7.31. The number of hydrogen-bond acceptors (Lipinski definition) is 4. The monoisotopic (exact) mass is 474 g/mol. The molecule has 0 unspecified atom stereocenters. The Morgan fingerprint density at radius 1 is 1.26 bits per heavy atom. The van der Waals surface area contributed by atoms with Gasteiger partial charge in [0.1, 0.15) is 5.69 Å². The minimum Gasteiger partial charge on any atom is -0.348 e. The highest BCUT2D eigenvalue weighted by Crippen LogP contribution is 2.49. The molecule has 3 aromatic rings. The molecule has 0 radical (unpaired) electrons. The summed E-state index contributed by atoms with van der Waals surface area (Å²) < 4.78 is 1.64. The molecule has 4 atom stereocenters. The fraction of sp³-hybridized carbons (Fsp3) is 0.435. The van der Waals surface area contributed by atoms with Crippen LogP contribution in [0.25, 0.3) is 16.4 Å². The number of nitrogens with zero attached hydrogens (tertiary/aromatic N) is 3. The molecule has 162 valence electrons. The summed E-state index contributed by atoms with van der Waals surface area (Å²) in [7, 11) is 0. The van der Waals surface area contributed by atoms with Crippen molar-refractivity contribution in [1.82, 2.24) is 20.1 Å². The number of carbonyl (C=O) groups is 1. The molecule has 0 aliphatic heterocycles. The van der Waals surface area contributed by atoms with E-state index in [9.17, 15) is 4.79 Å². The molecule has 2 aliphatic rings. The zero-order valence-corrected chi connectivity index (χ0v) is 19.8. The van der Waals surface area contributed by atoms with Gasteiger partial charge in [0, 0.05) is 22.0 Å². The Morgan fingerprint density at radius 2 is 2.10 bits per heavy atom. The molecule has 1 aromatic carbocycles. The zero-order valence-electron chi connectivity index (χ0n) is 17.4. The number of benzene rings is 1. The van der Waals surface area contributed by atoms with Crippen LogP contribution in [0.3, 0.4) is 0 Å². The van der Waals surface area contributed by atoms with Crippen LogP contribution in [-0.4, -0.2) is 26.7 Å². The lowest BCUT2D eigenvalue weighted by Gasteiger charge is -2.28. The van der Waals surface area contributed by atoms with Crippen molar-refractivity contribution >= 4 is 40.4 Å². The van der Waals surface area contributed by atoms with Crippen LogP contribution in [0.1, 0.15) is 48.8 Å². The number of amides is 1. The number of thiazole rings is 1. The summed E-state index contributed by atoms with van der Waals surface area (Å²) >= 11 is 13.8. The fourth-order valence-electron chi connectivity index (χ4n) is 5.28. The second-order valence-electron chi connectivity index (χ2n) is 8.82. The number of aryl methyl sites for hydroxylation is 1. The van der Waals surface area contributed by atoms with Crippen molar-refractivity contribution in [1.29, 1.82) is 0 Å². The highest BCUT2D eigenvalue weighted by Gasteiger charge is 2.42. The zero-order chi connectivity index (χ0) is 21.7. The van der Waals surface area contributed by atoms with Crippen molar-refractivity contribution in [2.24, 2.45) is 17.8 Å².